The number of benzene rings is 2. The summed E-state index contributed by atoms with van der Waals surface area (Å²) in [4.78, 5) is 15.3. The lowest BCUT2D eigenvalue weighted by Crippen LogP contribution is -2.43. The Balaban J connectivity index is 1.65. The Labute approximate surface area is 191 Å². The van der Waals surface area contributed by atoms with Crippen molar-refractivity contribution in [1.29, 1.82) is 0 Å². The lowest BCUT2D eigenvalue weighted by Gasteiger charge is -2.38. The van der Waals surface area contributed by atoms with Crippen molar-refractivity contribution in [3.05, 3.63) is 76.1 Å². The average Bonchev–Trinajstić information content (AvgIpc) is 3.25. The van der Waals surface area contributed by atoms with Gasteiger partial charge in [0.05, 0.1) is 34.4 Å². The Morgan fingerprint density at radius 2 is 1.91 bits per heavy atom. The van der Waals surface area contributed by atoms with Gasteiger partial charge in [-0.2, -0.15) is 5.10 Å². The largest absolute Gasteiger partial charge is 0.360 e. The van der Waals surface area contributed by atoms with Crippen LogP contribution in [0.3, 0.4) is 0 Å². The molecule has 1 saturated heterocycles. The van der Waals surface area contributed by atoms with Crippen LogP contribution in [0.2, 0.25) is 5.15 Å². The third kappa shape index (κ3) is 3.47. The third-order valence-corrected chi connectivity index (χ3v) is 8.23. The molecule has 0 saturated carbocycles. The van der Waals surface area contributed by atoms with Gasteiger partial charge in [0.25, 0.3) is 5.91 Å². The van der Waals surface area contributed by atoms with Crippen molar-refractivity contribution >= 4 is 38.7 Å². The zero-order chi connectivity index (χ0) is 22.6. The number of nitrogens with zero attached hydrogens (tertiary/aromatic N) is 3. The molecule has 0 radical (unpaired) electrons. The Kier molecular flexibility index (Phi) is 5.02. The van der Waals surface area contributed by atoms with Gasteiger partial charge in [-0.25, -0.2) is 13.1 Å². The normalized spacial score (nSPS) is 22.0. The summed E-state index contributed by atoms with van der Waals surface area (Å²) in [6.07, 6.45) is -0.109. The van der Waals surface area contributed by atoms with Crippen molar-refractivity contribution < 1.29 is 13.2 Å². The molecule has 2 aromatic carbocycles. The average molecular weight is 471 g/mol. The highest BCUT2D eigenvalue weighted by molar-refractivity contribution is 7.91. The number of hydrogen-bond donors (Lipinski definition) is 1. The Hall–Kier alpha value is -2.84. The van der Waals surface area contributed by atoms with Crippen LogP contribution in [0, 0.1) is 13.8 Å². The molecule has 0 aliphatic carbocycles. The number of anilines is 2. The Morgan fingerprint density at radius 1 is 1.12 bits per heavy atom. The second-order valence-electron chi connectivity index (χ2n) is 8.40. The van der Waals surface area contributed by atoms with Gasteiger partial charge in [-0.1, -0.05) is 35.9 Å². The molecule has 166 valence electrons. The minimum Gasteiger partial charge on any atom is -0.360 e. The summed E-state index contributed by atoms with van der Waals surface area (Å²) in [6.45, 7) is 3.81. The van der Waals surface area contributed by atoms with Gasteiger partial charge in [-0.05, 0) is 50.1 Å². The van der Waals surface area contributed by atoms with Crippen molar-refractivity contribution in [2.24, 2.45) is 0 Å². The first-order chi connectivity index (χ1) is 15.2. The fourth-order valence-electron chi connectivity index (χ4n) is 4.55. The molecule has 5 rings (SSSR count). The monoisotopic (exact) mass is 470 g/mol. The number of aromatic nitrogens is 2. The molecular formula is C23H23ClN4O3S. The lowest BCUT2D eigenvalue weighted by atomic mass is 10.0. The molecule has 9 heteroatoms. The number of aryl methyl sites for hydroxylation is 2. The summed E-state index contributed by atoms with van der Waals surface area (Å²) in [5.41, 5.74) is 4.39. The smallest absolute Gasteiger partial charge is 0.262 e. The van der Waals surface area contributed by atoms with Crippen LogP contribution in [0.25, 0.3) is 0 Å². The fraction of sp³-hybridized carbons (Fsp3) is 0.304. The Morgan fingerprint density at radius 3 is 2.62 bits per heavy atom. The van der Waals surface area contributed by atoms with Crippen molar-refractivity contribution in [3.63, 3.8) is 0 Å². The maximum absolute atomic E-state index is 13.6. The van der Waals surface area contributed by atoms with Crippen LogP contribution in [0.15, 0.2) is 48.5 Å². The molecule has 7 nitrogen and oxygen atoms in total. The van der Waals surface area contributed by atoms with Crippen LogP contribution >= 0.6 is 11.6 Å². The minimum absolute atomic E-state index is 0.0226. The summed E-state index contributed by atoms with van der Waals surface area (Å²) in [5, 5.41) is 8.42. The van der Waals surface area contributed by atoms with Gasteiger partial charge in [-0.15, -0.1) is 0 Å². The number of para-hydroxylation sites is 1. The van der Waals surface area contributed by atoms with Gasteiger partial charge in [0.1, 0.15) is 11.3 Å². The fourth-order valence-corrected chi connectivity index (χ4v) is 6.66. The molecule has 1 amide bonds. The van der Waals surface area contributed by atoms with Crippen LogP contribution < -0.4 is 10.2 Å². The number of sulfone groups is 1. The molecule has 1 aromatic heterocycles. The van der Waals surface area contributed by atoms with Gasteiger partial charge in [0, 0.05) is 11.4 Å². The van der Waals surface area contributed by atoms with Gasteiger partial charge >= 0.3 is 0 Å². The number of carbonyl (C=O) groups excluding carboxylic acids is 1. The second kappa shape index (κ2) is 7.64. The van der Waals surface area contributed by atoms with Crippen LogP contribution in [0.4, 0.5) is 11.4 Å². The van der Waals surface area contributed by atoms with Gasteiger partial charge < -0.3 is 5.32 Å². The van der Waals surface area contributed by atoms with Crippen molar-refractivity contribution in [2.75, 3.05) is 21.7 Å². The molecule has 2 aliphatic heterocycles. The first-order valence-electron chi connectivity index (χ1n) is 10.5. The maximum atomic E-state index is 13.6. The number of fused-ring (bicyclic) bond motifs is 1. The number of halogens is 1. The number of nitrogens with one attached hydrogen (secondary N) is 1. The predicted molar refractivity (Wildman–Crippen MR) is 125 cm³/mol. The highest BCUT2D eigenvalue weighted by atomic mass is 35.5. The van der Waals surface area contributed by atoms with E-state index in [1.165, 1.54) is 0 Å². The van der Waals surface area contributed by atoms with Crippen LogP contribution in [0.5, 0.6) is 0 Å². The van der Waals surface area contributed by atoms with Crippen molar-refractivity contribution in [2.45, 2.75) is 32.5 Å². The third-order valence-electron chi connectivity index (χ3n) is 6.11. The van der Waals surface area contributed by atoms with E-state index in [0.29, 0.717) is 28.4 Å². The van der Waals surface area contributed by atoms with Gasteiger partial charge in [0.2, 0.25) is 0 Å². The molecule has 32 heavy (non-hydrogen) atoms. The van der Waals surface area contributed by atoms with E-state index in [2.05, 4.69) is 10.4 Å². The summed E-state index contributed by atoms with van der Waals surface area (Å²) < 4.78 is 25.6. The van der Waals surface area contributed by atoms with Crippen molar-refractivity contribution in [1.82, 2.24) is 9.78 Å². The van der Waals surface area contributed by atoms with E-state index >= 15 is 0 Å². The second-order valence-corrected chi connectivity index (χ2v) is 11.0. The van der Waals surface area contributed by atoms with E-state index in [9.17, 15) is 13.2 Å². The number of rotatable bonds is 3. The zero-order valence-electron chi connectivity index (χ0n) is 17.7. The van der Waals surface area contributed by atoms with Crippen LogP contribution in [-0.2, 0) is 9.84 Å². The summed E-state index contributed by atoms with van der Waals surface area (Å²) in [7, 11) is -3.10. The Bertz CT molecular complexity index is 1330. The molecule has 1 fully saturated rings. The topological polar surface area (TPSA) is 84.3 Å². The zero-order valence-corrected chi connectivity index (χ0v) is 19.3. The van der Waals surface area contributed by atoms with E-state index in [1.54, 1.807) is 15.6 Å². The highest BCUT2D eigenvalue weighted by Crippen LogP contribution is 2.41. The van der Waals surface area contributed by atoms with E-state index < -0.39 is 16.0 Å². The highest BCUT2D eigenvalue weighted by Gasteiger charge is 2.39. The van der Waals surface area contributed by atoms with Crippen molar-refractivity contribution in [3.8, 4) is 0 Å². The quantitative estimate of drug-likeness (QED) is 0.617. The summed E-state index contributed by atoms with van der Waals surface area (Å²) >= 11 is 6.82. The van der Waals surface area contributed by atoms with E-state index in [0.717, 1.165) is 16.9 Å². The standard InChI is InChI=1S/C23H23ClN4O3S/c1-14-6-5-7-16(12-14)27-22(25-19-9-4-3-8-18(19)23(27)29)20-15(2)26-28(21(20)24)17-10-11-32(30,31)13-17/h3-9,12,17,22,25H,10-11,13H2,1-2H3/t17-,22+/m1/s1. The molecule has 0 spiro atoms. The molecule has 1 N–H and O–H groups in total. The molecular weight excluding hydrogens is 448 g/mol. The lowest BCUT2D eigenvalue weighted by molar-refractivity contribution is 0.0975. The van der Waals surface area contributed by atoms with E-state index in [-0.39, 0.29) is 23.5 Å². The molecule has 2 aliphatic rings. The van der Waals surface area contributed by atoms with Gasteiger partial charge in [0.15, 0.2) is 9.84 Å². The number of carbonyl (C=O) groups is 1. The first-order valence-corrected chi connectivity index (χ1v) is 12.7. The molecule has 3 heterocycles. The summed E-state index contributed by atoms with van der Waals surface area (Å²) in [5.74, 6) is 0.0153. The molecule has 0 unspecified atom stereocenters. The van der Waals surface area contributed by atoms with Crippen LogP contribution in [0.1, 0.15) is 45.8 Å². The molecule has 0 bridgehead atoms. The number of amides is 1. The first kappa shape index (κ1) is 21.0. The van der Waals surface area contributed by atoms with Gasteiger partial charge in [-0.3, -0.25) is 9.69 Å². The molecule has 3 aromatic rings. The summed E-state index contributed by atoms with van der Waals surface area (Å²) in [6, 6.07) is 14.8. The SMILES string of the molecule is Cc1cccc(N2C(=O)c3ccccc3N[C@@H]2c2c(C)nn([C@@H]3CCS(=O)(=O)C3)c2Cl)c1. The molecule has 2 atom stereocenters. The van der Waals surface area contributed by atoms with E-state index in [4.69, 9.17) is 11.6 Å². The minimum atomic E-state index is -3.10. The van der Waals surface area contributed by atoms with E-state index in [1.807, 2.05) is 56.3 Å². The van der Waals surface area contributed by atoms with Crippen LogP contribution in [-0.4, -0.2) is 35.6 Å². The number of hydrogen-bond acceptors (Lipinski definition) is 5. The maximum Gasteiger partial charge on any atom is 0.262 e. The predicted octanol–water partition coefficient (Wildman–Crippen LogP) is 4.28.